The molecule has 1 aromatic rings. The zero-order chi connectivity index (χ0) is 20.7. The summed E-state index contributed by atoms with van der Waals surface area (Å²) in [5.41, 5.74) is 4.99. The fourth-order valence-corrected chi connectivity index (χ4v) is 3.21. The van der Waals surface area contributed by atoms with Crippen molar-refractivity contribution >= 4 is 23.8 Å². The molecule has 28 heavy (non-hydrogen) atoms. The van der Waals surface area contributed by atoms with Gasteiger partial charge in [-0.1, -0.05) is 0 Å². The van der Waals surface area contributed by atoms with E-state index in [-0.39, 0.29) is 30.2 Å². The molecule has 1 aliphatic heterocycles. The standard InChI is InChI=1S/C19H25N3O6/c1-12-4-3-5-13(2)22(12)17(24)11-27-15-8-6-14(7-9-15)18(25)28-10-16(23)21-19(20)26/h6-9,12-13H,3-5,10-11H2,1-2H3,(H3,20,21,23,26). The number of primary amides is 1. The number of carbonyl (C=O) groups is 4. The lowest BCUT2D eigenvalue weighted by Gasteiger charge is -2.38. The molecule has 1 aromatic carbocycles. The molecule has 1 saturated heterocycles. The Kier molecular flexibility index (Phi) is 7.36. The maximum Gasteiger partial charge on any atom is 0.338 e. The predicted molar refractivity (Wildman–Crippen MR) is 99.6 cm³/mol. The van der Waals surface area contributed by atoms with E-state index in [0.717, 1.165) is 19.3 Å². The zero-order valence-corrected chi connectivity index (χ0v) is 16.0. The molecule has 2 atom stereocenters. The van der Waals surface area contributed by atoms with Gasteiger partial charge in [0.15, 0.2) is 13.2 Å². The number of nitrogens with zero attached hydrogens (tertiary/aromatic N) is 1. The number of benzene rings is 1. The molecule has 9 nitrogen and oxygen atoms in total. The molecular formula is C19H25N3O6. The molecule has 0 radical (unpaired) electrons. The molecule has 3 N–H and O–H groups in total. The number of carbonyl (C=O) groups excluding carboxylic acids is 4. The van der Waals surface area contributed by atoms with Gasteiger partial charge in [-0.05, 0) is 57.4 Å². The highest BCUT2D eigenvalue weighted by molar-refractivity contribution is 5.96. The summed E-state index contributed by atoms with van der Waals surface area (Å²) in [5.74, 6) is -1.18. The van der Waals surface area contributed by atoms with E-state index in [4.69, 9.17) is 15.2 Å². The number of amides is 4. The van der Waals surface area contributed by atoms with Gasteiger partial charge in [0.2, 0.25) is 0 Å². The van der Waals surface area contributed by atoms with Gasteiger partial charge in [0, 0.05) is 12.1 Å². The van der Waals surface area contributed by atoms with E-state index in [1.165, 1.54) is 24.3 Å². The lowest BCUT2D eigenvalue weighted by Crippen LogP contribution is -2.49. The third kappa shape index (κ3) is 5.97. The van der Waals surface area contributed by atoms with Gasteiger partial charge in [0.05, 0.1) is 5.56 Å². The van der Waals surface area contributed by atoms with Gasteiger partial charge in [0.1, 0.15) is 5.75 Å². The Morgan fingerprint density at radius 1 is 1.07 bits per heavy atom. The molecule has 152 valence electrons. The van der Waals surface area contributed by atoms with Crippen LogP contribution in [0.5, 0.6) is 5.75 Å². The number of hydrogen-bond donors (Lipinski definition) is 2. The maximum absolute atomic E-state index is 12.4. The molecule has 0 aliphatic carbocycles. The molecule has 0 bridgehead atoms. The highest BCUT2D eigenvalue weighted by atomic mass is 16.5. The van der Waals surface area contributed by atoms with Crippen LogP contribution >= 0.6 is 0 Å². The first-order valence-electron chi connectivity index (χ1n) is 9.08. The Morgan fingerprint density at radius 3 is 2.25 bits per heavy atom. The van der Waals surface area contributed by atoms with E-state index in [1.54, 1.807) is 5.32 Å². The zero-order valence-electron chi connectivity index (χ0n) is 16.0. The van der Waals surface area contributed by atoms with Crippen LogP contribution in [0.3, 0.4) is 0 Å². The van der Waals surface area contributed by atoms with E-state index >= 15 is 0 Å². The third-order valence-corrected chi connectivity index (χ3v) is 4.53. The molecule has 1 aliphatic rings. The number of hydrogen-bond acceptors (Lipinski definition) is 6. The fraction of sp³-hybridized carbons (Fsp3) is 0.474. The second kappa shape index (κ2) is 9.72. The van der Waals surface area contributed by atoms with Crippen molar-refractivity contribution in [3.63, 3.8) is 0 Å². The third-order valence-electron chi connectivity index (χ3n) is 4.53. The van der Waals surface area contributed by atoms with Crippen molar-refractivity contribution in [2.75, 3.05) is 13.2 Å². The Balaban J connectivity index is 1.83. The van der Waals surface area contributed by atoms with Crippen LogP contribution in [0.4, 0.5) is 4.79 Å². The number of ether oxygens (including phenoxy) is 2. The van der Waals surface area contributed by atoms with Crippen molar-refractivity contribution in [2.45, 2.75) is 45.2 Å². The van der Waals surface area contributed by atoms with Gasteiger partial charge < -0.3 is 20.1 Å². The number of nitrogens with two attached hydrogens (primary N) is 1. The molecular weight excluding hydrogens is 366 g/mol. The van der Waals surface area contributed by atoms with E-state index < -0.39 is 24.5 Å². The largest absolute Gasteiger partial charge is 0.484 e. The Bertz CT molecular complexity index is 724. The second-order valence-corrected chi connectivity index (χ2v) is 6.73. The van der Waals surface area contributed by atoms with Gasteiger partial charge in [-0.25, -0.2) is 9.59 Å². The van der Waals surface area contributed by atoms with Crippen LogP contribution in [-0.2, 0) is 14.3 Å². The number of likely N-dealkylation sites (tertiary alicyclic amines) is 1. The summed E-state index contributed by atoms with van der Waals surface area (Å²) in [5, 5.41) is 1.79. The van der Waals surface area contributed by atoms with Gasteiger partial charge in [-0.2, -0.15) is 0 Å². The Morgan fingerprint density at radius 2 is 1.68 bits per heavy atom. The van der Waals surface area contributed by atoms with E-state index in [2.05, 4.69) is 0 Å². The number of imide groups is 1. The second-order valence-electron chi connectivity index (χ2n) is 6.73. The molecule has 0 spiro atoms. The molecule has 1 heterocycles. The van der Waals surface area contributed by atoms with Crippen LogP contribution in [0.15, 0.2) is 24.3 Å². The summed E-state index contributed by atoms with van der Waals surface area (Å²) in [4.78, 5) is 47.9. The minimum absolute atomic E-state index is 0.0661. The first kappa shape index (κ1) is 21.2. The van der Waals surface area contributed by atoms with Crippen molar-refractivity contribution in [3.8, 4) is 5.75 Å². The monoisotopic (exact) mass is 391 g/mol. The van der Waals surface area contributed by atoms with Crippen LogP contribution in [-0.4, -0.2) is 54.0 Å². The van der Waals surface area contributed by atoms with Gasteiger partial charge in [-0.3, -0.25) is 14.9 Å². The summed E-state index contributed by atoms with van der Waals surface area (Å²) in [6.45, 7) is 3.38. The van der Waals surface area contributed by atoms with Crippen molar-refractivity contribution in [3.05, 3.63) is 29.8 Å². The Labute approximate surface area is 163 Å². The van der Waals surface area contributed by atoms with Crippen molar-refractivity contribution < 1.29 is 28.7 Å². The first-order chi connectivity index (χ1) is 13.3. The van der Waals surface area contributed by atoms with Gasteiger partial charge in [0.25, 0.3) is 11.8 Å². The molecule has 4 amide bonds. The summed E-state index contributed by atoms with van der Waals surface area (Å²) in [6, 6.07) is 5.37. The summed E-state index contributed by atoms with van der Waals surface area (Å²) >= 11 is 0. The van der Waals surface area contributed by atoms with E-state index in [0.29, 0.717) is 5.75 Å². The van der Waals surface area contributed by atoms with Gasteiger partial charge >= 0.3 is 12.0 Å². The highest BCUT2D eigenvalue weighted by Gasteiger charge is 2.28. The highest BCUT2D eigenvalue weighted by Crippen LogP contribution is 2.23. The first-order valence-corrected chi connectivity index (χ1v) is 9.08. The molecule has 0 aromatic heterocycles. The smallest absolute Gasteiger partial charge is 0.338 e. The fourth-order valence-electron chi connectivity index (χ4n) is 3.21. The number of piperidine rings is 1. The number of nitrogens with one attached hydrogen (secondary N) is 1. The van der Waals surface area contributed by atoms with E-state index in [1.807, 2.05) is 18.7 Å². The molecule has 2 unspecified atom stereocenters. The van der Waals surface area contributed by atoms with Crippen LogP contribution in [0, 0.1) is 0 Å². The lowest BCUT2D eigenvalue weighted by atomic mass is 9.97. The molecule has 0 saturated carbocycles. The van der Waals surface area contributed by atoms with Crippen LogP contribution in [0.1, 0.15) is 43.5 Å². The van der Waals surface area contributed by atoms with Crippen LogP contribution in [0.2, 0.25) is 0 Å². The normalized spacial score (nSPS) is 18.9. The average Bonchev–Trinajstić information content (AvgIpc) is 2.64. The van der Waals surface area contributed by atoms with Crippen LogP contribution < -0.4 is 15.8 Å². The number of esters is 1. The maximum atomic E-state index is 12.4. The summed E-state index contributed by atoms with van der Waals surface area (Å²) < 4.78 is 10.3. The van der Waals surface area contributed by atoms with Crippen molar-refractivity contribution in [1.29, 1.82) is 0 Å². The van der Waals surface area contributed by atoms with E-state index in [9.17, 15) is 19.2 Å². The van der Waals surface area contributed by atoms with Crippen LogP contribution in [0.25, 0.3) is 0 Å². The molecule has 9 heteroatoms. The number of rotatable bonds is 6. The van der Waals surface area contributed by atoms with Crippen molar-refractivity contribution in [1.82, 2.24) is 10.2 Å². The minimum Gasteiger partial charge on any atom is -0.484 e. The van der Waals surface area contributed by atoms with Gasteiger partial charge in [-0.15, -0.1) is 0 Å². The Hall–Kier alpha value is -3.10. The lowest BCUT2D eigenvalue weighted by molar-refractivity contribution is -0.139. The SMILES string of the molecule is CC1CCCC(C)N1C(=O)COc1ccc(C(=O)OCC(=O)NC(N)=O)cc1. The summed E-state index contributed by atoms with van der Waals surface area (Å²) in [6.07, 6.45) is 3.10. The summed E-state index contributed by atoms with van der Waals surface area (Å²) in [7, 11) is 0. The number of urea groups is 1. The predicted octanol–water partition coefficient (Wildman–Crippen LogP) is 1.21. The molecule has 1 fully saturated rings. The topological polar surface area (TPSA) is 128 Å². The average molecular weight is 391 g/mol. The molecule has 2 rings (SSSR count). The quantitative estimate of drug-likeness (QED) is 0.702. The van der Waals surface area contributed by atoms with Crippen molar-refractivity contribution in [2.24, 2.45) is 5.73 Å². The minimum atomic E-state index is -1.02.